The van der Waals surface area contributed by atoms with Gasteiger partial charge in [-0.2, -0.15) is 0 Å². The molecule has 2 heterocycles. The highest BCUT2D eigenvalue weighted by molar-refractivity contribution is 5.96. The van der Waals surface area contributed by atoms with E-state index >= 15 is 0 Å². The average Bonchev–Trinajstić information content (AvgIpc) is 2.92. The molecule has 0 unspecified atom stereocenters. The molecule has 7 nitrogen and oxygen atoms in total. The molecule has 0 aliphatic carbocycles. The number of rotatable bonds is 8. The number of carbonyl (C=O) groups excluding carboxylic acids is 2. The summed E-state index contributed by atoms with van der Waals surface area (Å²) in [6.45, 7) is 8.95. The standard InChI is InChI=1S/C29H33N3O4/c1-4-35-27-18-25(11-12-26(27)36-20-22-6-5-13-30-19-22)29(34)32-16-14-31(15-17-32)28(33)24-9-7-23(8-10-24)21(2)3/h5-13,18-19,21H,4,14-17,20H2,1-3H3. The average molecular weight is 488 g/mol. The molecule has 0 atom stereocenters. The van der Waals surface area contributed by atoms with Crippen molar-refractivity contribution in [1.82, 2.24) is 14.8 Å². The Labute approximate surface area is 212 Å². The third-order valence-corrected chi connectivity index (χ3v) is 6.29. The van der Waals surface area contributed by atoms with Crippen LogP contribution in [-0.2, 0) is 6.61 Å². The number of hydrogen-bond donors (Lipinski definition) is 0. The number of piperazine rings is 1. The highest BCUT2D eigenvalue weighted by atomic mass is 16.5. The number of aromatic nitrogens is 1. The SMILES string of the molecule is CCOc1cc(C(=O)N2CCN(C(=O)c3ccc(C(C)C)cc3)CC2)ccc1OCc1cccnc1. The minimum absolute atomic E-state index is 0.00570. The van der Waals surface area contributed by atoms with E-state index in [1.165, 1.54) is 5.56 Å². The van der Waals surface area contributed by atoms with Crippen molar-refractivity contribution in [2.75, 3.05) is 32.8 Å². The Balaban J connectivity index is 1.37. The van der Waals surface area contributed by atoms with E-state index in [2.05, 4.69) is 18.8 Å². The van der Waals surface area contributed by atoms with Gasteiger partial charge >= 0.3 is 0 Å². The van der Waals surface area contributed by atoms with Crippen molar-refractivity contribution in [3.63, 3.8) is 0 Å². The summed E-state index contributed by atoms with van der Waals surface area (Å²) >= 11 is 0. The van der Waals surface area contributed by atoms with Crippen molar-refractivity contribution in [2.24, 2.45) is 0 Å². The van der Waals surface area contributed by atoms with Crippen molar-refractivity contribution in [2.45, 2.75) is 33.3 Å². The molecule has 1 saturated heterocycles. The molecule has 0 spiro atoms. The molecular weight excluding hydrogens is 454 g/mol. The van der Waals surface area contributed by atoms with Crippen LogP contribution in [0.3, 0.4) is 0 Å². The predicted molar refractivity (Wildman–Crippen MR) is 139 cm³/mol. The predicted octanol–water partition coefficient (Wildman–Crippen LogP) is 4.78. The minimum Gasteiger partial charge on any atom is -0.490 e. The maximum Gasteiger partial charge on any atom is 0.254 e. The fraction of sp³-hybridized carbons (Fsp3) is 0.345. The maximum absolute atomic E-state index is 13.2. The van der Waals surface area contributed by atoms with E-state index in [1.807, 2.05) is 48.2 Å². The zero-order valence-corrected chi connectivity index (χ0v) is 21.1. The number of pyridine rings is 1. The van der Waals surface area contributed by atoms with Crippen LogP contribution < -0.4 is 9.47 Å². The molecule has 1 fully saturated rings. The van der Waals surface area contributed by atoms with Gasteiger partial charge in [-0.1, -0.05) is 32.0 Å². The van der Waals surface area contributed by atoms with Crippen LogP contribution in [0, 0.1) is 0 Å². The largest absolute Gasteiger partial charge is 0.490 e. The molecular formula is C29H33N3O4. The van der Waals surface area contributed by atoms with E-state index in [-0.39, 0.29) is 11.8 Å². The van der Waals surface area contributed by atoms with Crippen LogP contribution in [0.2, 0.25) is 0 Å². The van der Waals surface area contributed by atoms with Gasteiger partial charge in [0.05, 0.1) is 6.61 Å². The van der Waals surface area contributed by atoms with E-state index in [0.29, 0.717) is 67.9 Å². The van der Waals surface area contributed by atoms with Crippen LogP contribution in [-0.4, -0.2) is 59.4 Å². The molecule has 1 aliphatic rings. The maximum atomic E-state index is 13.2. The Morgan fingerprint density at radius 1 is 0.861 bits per heavy atom. The Morgan fingerprint density at radius 3 is 2.08 bits per heavy atom. The summed E-state index contributed by atoms with van der Waals surface area (Å²) in [5.41, 5.74) is 3.38. The fourth-order valence-electron chi connectivity index (χ4n) is 4.16. The third-order valence-electron chi connectivity index (χ3n) is 6.29. The molecule has 2 amide bonds. The fourth-order valence-corrected chi connectivity index (χ4v) is 4.16. The van der Waals surface area contributed by atoms with Crippen molar-refractivity contribution in [1.29, 1.82) is 0 Å². The molecule has 188 valence electrons. The van der Waals surface area contributed by atoms with Gasteiger partial charge in [0, 0.05) is 55.3 Å². The Hall–Kier alpha value is -3.87. The number of amides is 2. The molecule has 1 aromatic heterocycles. The minimum atomic E-state index is -0.0804. The van der Waals surface area contributed by atoms with Crippen LogP contribution in [0.15, 0.2) is 67.0 Å². The first-order valence-electron chi connectivity index (χ1n) is 12.4. The molecule has 0 radical (unpaired) electrons. The normalized spacial score (nSPS) is 13.6. The summed E-state index contributed by atoms with van der Waals surface area (Å²) in [4.78, 5) is 33.8. The molecule has 0 N–H and O–H groups in total. The number of hydrogen-bond acceptors (Lipinski definition) is 5. The van der Waals surface area contributed by atoms with Crippen molar-refractivity contribution in [3.8, 4) is 11.5 Å². The lowest BCUT2D eigenvalue weighted by atomic mass is 10.0. The van der Waals surface area contributed by atoms with E-state index in [4.69, 9.17) is 9.47 Å². The van der Waals surface area contributed by atoms with E-state index in [1.54, 1.807) is 35.5 Å². The first-order chi connectivity index (χ1) is 17.5. The van der Waals surface area contributed by atoms with Gasteiger partial charge in [0.15, 0.2) is 11.5 Å². The molecule has 1 aliphatic heterocycles. The second kappa shape index (κ2) is 11.7. The molecule has 7 heteroatoms. The first kappa shape index (κ1) is 25.2. The molecule has 2 aromatic carbocycles. The van der Waals surface area contributed by atoms with Crippen molar-refractivity contribution >= 4 is 11.8 Å². The smallest absolute Gasteiger partial charge is 0.254 e. The van der Waals surface area contributed by atoms with Gasteiger partial charge in [-0.25, -0.2) is 0 Å². The van der Waals surface area contributed by atoms with E-state index in [9.17, 15) is 9.59 Å². The van der Waals surface area contributed by atoms with Gasteiger partial charge in [0.1, 0.15) is 6.61 Å². The zero-order chi connectivity index (χ0) is 25.5. The molecule has 4 rings (SSSR count). The molecule has 0 saturated carbocycles. The number of nitrogens with zero attached hydrogens (tertiary/aromatic N) is 3. The lowest BCUT2D eigenvalue weighted by Gasteiger charge is -2.35. The van der Waals surface area contributed by atoms with Crippen molar-refractivity contribution < 1.29 is 19.1 Å². The summed E-state index contributed by atoms with van der Waals surface area (Å²) in [7, 11) is 0. The summed E-state index contributed by atoms with van der Waals surface area (Å²) in [6, 6.07) is 16.9. The lowest BCUT2D eigenvalue weighted by molar-refractivity contribution is 0.0535. The van der Waals surface area contributed by atoms with Crippen molar-refractivity contribution in [3.05, 3.63) is 89.2 Å². The first-order valence-corrected chi connectivity index (χ1v) is 12.4. The highest BCUT2D eigenvalue weighted by Gasteiger charge is 2.26. The van der Waals surface area contributed by atoms with Gasteiger partial charge in [0.25, 0.3) is 11.8 Å². The Kier molecular flexibility index (Phi) is 8.21. The Morgan fingerprint density at radius 2 is 1.50 bits per heavy atom. The molecule has 3 aromatic rings. The van der Waals surface area contributed by atoms with E-state index < -0.39 is 0 Å². The topological polar surface area (TPSA) is 72.0 Å². The van der Waals surface area contributed by atoms with Crippen LogP contribution >= 0.6 is 0 Å². The number of carbonyl (C=O) groups is 2. The van der Waals surface area contributed by atoms with Gasteiger partial charge in [0.2, 0.25) is 0 Å². The summed E-state index contributed by atoms with van der Waals surface area (Å²) in [5, 5.41) is 0. The second-order valence-electron chi connectivity index (χ2n) is 9.11. The molecule has 0 bridgehead atoms. The number of benzene rings is 2. The van der Waals surface area contributed by atoms with E-state index in [0.717, 1.165) is 5.56 Å². The quantitative estimate of drug-likeness (QED) is 0.457. The summed E-state index contributed by atoms with van der Waals surface area (Å²) in [6.07, 6.45) is 3.47. The van der Waals surface area contributed by atoms with Gasteiger partial charge in [-0.3, -0.25) is 14.6 Å². The lowest BCUT2D eigenvalue weighted by Crippen LogP contribution is -2.50. The van der Waals surface area contributed by atoms with Gasteiger partial charge in [-0.15, -0.1) is 0 Å². The van der Waals surface area contributed by atoms with Crippen LogP contribution in [0.25, 0.3) is 0 Å². The number of ether oxygens (including phenoxy) is 2. The van der Waals surface area contributed by atoms with Crippen LogP contribution in [0.4, 0.5) is 0 Å². The monoisotopic (exact) mass is 487 g/mol. The Bertz CT molecular complexity index is 1170. The second-order valence-corrected chi connectivity index (χ2v) is 9.11. The van der Waals surface area contributed by atoms with Crippen LogP contribution in [0.5, 0.6) is 11.5 Å². The molecule has 36 heavy (non-hydrogen) atoms. The van der Waals surface area contributed by atoms with Crippen LogP contribution in [0.1, 0.15) is 58.5 Å². The van der Waals surface area contributed by atoms with Gasteiger partial charge < -0.3 is 19.3 Å². The highest BCUT2D eigenvalue weighted by Crippen LogP contribution is 2.30. The summed E-state index contributed by atoms with van der Waals surface area (Å²) in [5.74, 6) is 1.46. The van der Waals surface area contributed by atoms with Gasteiger partial charge in [-0.05, 0) is 54.8 Å². The zero-order valence-electron chi connectivity index (χ0n) is 21.1. The summed E-state index contributed by atoms with van der Waals surface area (Å²) < 4.78 is 11.7. The third kappa shape index (κ3) is 6.03.